The molecule has 0 spiro atoms. The van der Waals surface area contributed by atoms with E-state index in [1.165, 1.54) is 0 Å². The Bertz CT molecular complexity index is 143. The minimum Gasteiger partial charge on any atom is -0.335 e. The largest absolute Gasteiger partial charge is 0.335 e. The van der Waals surface area contributed by atoms with Gasteiger partial charge in [-0.1, -0.05) is 41.5 Å². The van der Waals surface area contributed by atoms with E-state index in [-0.39, 0.29) is 11.9 Å². The van der Waals surface area contributed by atoms with E-state index >= 15 is 0 Å². The first-order valence-electron chi connectivity index (χ1n) is 5.79. The third-order valence-electron chi connectivity index (χ3n) is 1.12. The van der Waals surface area contributed by atoms with E-state index in [1.807, 2.05) is 41.5 Å². The Balaban J connectivity index is -0.000000208. The van der Waals surface area contributed by atoms with Gasteiger partial charge in [-0.3, -0.25) is 10.1 Å². The molecule has 92 valence electrons. The van der Waals surface area contributed by atoms with Crippen molar-refractivity contribution in [2.45, 2.75) is 60.9 Å². The van der Waals surface area contributed by atoms with Gasteiger partial charge in [-0.25, -0.2) is 4.79 Å². The van der Waals surface area contributed by atoms with E-state index in [0.717, 1.165) is 0 Å². The Morgan fingerprint density at radius 2 is 1.40 bits per heavy atom. The molecule has 2 N–H and O–H groups in total. The maximum atomic E-state index is 10.5. The summed E-state index contributed by atoms with van der Waals surface area (Å²) in [4.78, 5) is 21.0. The molecule has 0 radical (unpaired) electrons. The minimum absolute atomic E-state index is 0.0220. The second kappa shape index (κ2) is 15.4. The average Bonchev–Trinajstić information content (AvgIpc) is 2.24. The lowest BCUT2D eigenvalue weighted by molar-refractivity contribution is -0.121. The van der Waals surface area contributed by atoms with Crippen LogP contribution in [0.25, 0.3) is 0 Å². The van der Waals surface area contributed by atoms with E-state index in [0.29, 0.717) is 6.42 Å². The van der Waals surface area contributed by atoms with Gasteiger partial charge in [0.25, 0.3) is 0 Å². The molecular formula is C11H26N2O2. The first-order valence-corrected chi connectivity index (χ1v) is 5.79. The summed E-state index contributed by atoms with van der Waals surface area (Å²) >= 11 is 0. The van der Waals surface area contributed by atoms with E-state index in [4.69, 9.17) is 0 Å². The number of urea groups is 1. The Morgan fingerprint density at radius 1 is 1.00 bits per heavy atom. The zero-order chi connectivity index (χ0) is 12.9. The van der Waals surface area contributed by atoms with Crippen LogP contribution in [0.2, 0.25) is 0 Å². The summed E-state index contributed by atoms with van der Waals surface area (Å²) in [5, 5.41) is 4.66. The highest BCUT2D eigenvalue weighted by Crippen LogP contribution is 1.94. The lowest BCUT2D eigenvalue weighted by Crippen LogP contribution is -2.50. The summed E-state index contributed by atoms with van der Waals surface area (Å²) in [5.41, 5.74) is 0. The fraction of sp³-hybridized carbons (Fsp3) is 0.818. The van der Waals surface area contributed by atoms with Crippen molar-refractivity contribution < 1.29 is 9.59 Å². The number of nitrogens with one attached hydrogen (secondary N) is 2. The summed E-state index contributed by atoms with van der Waals surface area (Å²) in [6, 6.07) is -0.412. The molecular weight excluding hydrogens is 192 g/mol. The molecule has 1 aliphatic rings. The molecule has 0 aromatic heterocycles. The van der Waals surface area contributed by atoms with Gasteiger partial charge in [-0.05, 0) is 6.92 Å². The van der Waals surface area contributed by atoms with Gasteiger partial charge in [-0.15, -0.1) is 0 Å². The molecule has 1 aliphatic heterocycles. The summed E-state index contributed by atoms with van der Waals surface area (Å²) in [5.74, 6) is -0.203. The van der Waals surface area contributed by atoms with Crippen molar-refractivity contribution >= 4 is 11.9 Å². The lowest BCUT2D eigenvalue weighted by Gasteiger charge is -2.18. The highest BCUT2D eigenvalue weighted by atomic mass is 16.2. The van der Waals surface area contributed by atoms with Gasteiger partial charge in [0.2, 0.25) is 5.91 Å². The molecule has 3 amide bonds. The van der Waals surface area contributed by atoms with Gasteiger partial charge >= 0.3 is 6.03 Å². The maximum Gasteiger partial charge on any atom is 0.321 e. The molecule has 1 saturated heterocycles. The second-order valence-electron chi connectivity index (χ2n) is 2.13. The van der Waals surface area contributed by atoms with Crippen LogP contribution in [0, 0.1) is 0 Å². The normalized spacial score (nSPS) is 17.4. The third-order valence-corrected chi connectivity index (χ3v) is 1.12. The van der Waals surface area contributed by atoms with Crippen LogP contribution in [0.5, 0.6) is 0 Å². The molecule has 1 unspecified atom stereocenters. The van der Waals surface area contributed by atoms with E-state index in [1.54, 1.807) is 6.92 Å². The second-order valence-corrected chi connectivity index (χ2v) is 2.13. The number of hydrogen-bond donors (Lipinski definition) is 2. The SMILES string of the molecule is CC.CC.CC.CC1CC(=O)NC(=O)N1. The van der Waals surface area contributed by atoms with Crippen molar-refractivity contribution in [2.24, 2.45) is 0 Å². The van der Waals surface area contributed by atoms with Crippen molar-refractivity contribution in [3.8, 4) is 0 Å². The van der Waals surface area contributed by atoms with Crippen LogP contribution in [0.1, 0.15) is 54.9 Å². The Hall–Kier alpha value is -1.06. The van der Waals surface area contributed by atoms with Crippen LogP contribution >= 0.6 is 0 Å². The van der Waals surface area contributed by atoms with Gasteiger partial charge in [-0.2, -0.15) is 0 Å². The molecule has 0 aromatic rings. The topological polar surface area (TPSA) is 58.2 Å². The van der Waals surface area contributed by atoms with Crippen LogP contribution < -0.4 is 10.6 Å². The zero-order valence-electron chi connectivity index (χ0n) is 11.1. The lowest BCUT2D eigenvalue weighted by atomic mass is 10.2. The summed E-state index contributed by atoms with van der Waals surface area (Å²) in [6.45, 7) is 13.8. The summed E-state index contributed by atoms with van der Waals surface area (Å²) < 4.78 is 0. The first kappa shape index (κ1) is 19.5. The summed E-state index contributed by atoms with van der Waals surface area (Å²) in [6.07, 6.45) is 0.381. The molecule has 1 rings (SSSR count). The number of carbonyl (C=O) groups is 2. The Labute approximate surface area is 93.8 Å². The third kappa shape index (κ3) is 12.9. The van der Waals surface area contributed by atoms with Crippen molar-refractivity contribution in [1.82, 2.24) is 10.6 Å². The molecule has 0 bridgehead atoms. The summed E-state index contributed by atoms with van der Waals surface area (Å²) in [7, 11) is 0. The van der Waals surface area contributed by atoms with Crippen molar-refractivity contribution in [3.05, 3.63) is 0 Å². The van der Waals surface area contributed by atoms with Crippen LogP contribution in [-0.4, -0.2) is 18.0 Å². The fourth-order valence-electron chi connectivity index (χ4n) is 0.767. The van der Waals surface area contributed by atoms with Crippen molar-refractivity contribution in [1.29, 1.82) is 0 Å². The Morgan fingerprint density at radius 3 is 1.67 bits per heavy atom. The predicted octanol–water partition coefficient (Wildman–Crippen LogP) is 2.68. The predicted molar refractivity (Wildman–Crippen MR) is 64.8 cm³/mol. The standard InChI is InChI=1S/C5H8N2O2.3C2H6/c1-3-2-4(8)7-5(9)6-3;3*1-2/h3H,2H2,1H3,(H2,6,7,8,9);3*1-2H3. The van der Waals surface area contributed by atoms with Crippen LogP contribution in [0.15, 0.2) is 0 Å². The number of amides is 3. The molecule has 1 atom stereocenters. The molecule has 4 nitrogen and oxygen atoms in total. The van der Waals surface area contributed by atoms with Crippen molar-refractivity contribution in [3.63, 3.8) is 0 Å². The quantitative estimate of drug-likeness (QED) is 0.656. The van der Waals surface area contributed by atoms with Crippen molar-refractivity contribution in [2.75, 3.05) is 0 Å². The number of imide groups is 1. The van der Waals surface area contributed by atoms with Gasteiger partial charge in [0, 0.05) is 12.5 Å². The van der Waals surface area contributed by atoms with E-state index < -0.39 is 6.03 Å². The molecule has 0 aliphatic carbocycles. The molecule has 0 aromatic carbocycles. The number of hydrogen-bond acceptors (Lipinski definition) is 2. The first-order chi connectivity index (χ1) is 7.18. The monoisotopic (exact) mass is 218 g/mol. The van der Waals surface area contributed by atoms with Gasteiger partial charge in [0.15, 0.2) is 0 Å². The number of carbonyl (C=O) groups excluding carboxylic acids is 2. The fourth-order valence-corrected chi connectivity index (χ4v) is 0.767. The van der Waals surface area contributed by atoms with Gasteiger partial charge < -0.3 is 5.32 Å². The molecule has 15 heavy (non-hydrogen) atoms. The maximum absolute atomic E-state index is 10.5. The van der Waals surface area contributed by atoms with E-state index in [2.05, 4.69) is 10.6 Å². The molecule has 1 fully saturated rings. The van der Waals surface area contributed by atoms with Crippen LogP contribution in [0.4, 0.5) is 4.79 Å². The van der Waals surface area contributed by atoms with E-state index in [9.17, 15) is 9.59 Å². The van der Waals surface area contributed by atoms with Crippen LogP contribution in [0.3, 0.4) is 0 Å². The Kier molecular flexibility index (Phi) is 20.0. The average molecular weight is 218 g/mol. The molecule has 1 heterocycles. The number of rotatable bonds is 0. The van der Waals surface area contributed by atoms with Gasteiger partial charge in [0.05, 0.1) is 0 Å². The highest BCUT2D eigenvalue weighted by Gasteiger charge is 2.19. The molecule has 0 saturated carbocycles. The minimum atomic E-state index is -0.390. The zero-order valence-corrected chi connectivity index (χ0v) is 11.1. The van der Waals surface area contributed by atoms with Gasteiger partial charge in [0.1, 0.15) is 0 Å². The molecule has 4 heteroatoms. The highest BCUT2D eigenvalue weighted by molar-refractivity contribution is 5.97. The van der Waals surface area contributed by atoms with Crippen LogP contribution in [-0.2, 0) is 4.79 Å². The smallest absolute Gasteiger partial charge is 0.321 e.